The minimum atomic E-state index is -4.62. The highest BCUT2D eigenvalue weighted by atomic mass is 32.2. The van der Waals surface area contributed by atoms with Crippen molar-refractivity contribution in [2.24, 2.45) is 5.14 Å². The largest absolute Gasteiger partial charge is 0.440 e. The first-order valence-corrected chi connectivity index (χ1v) is 8.38. The van der Waals surface area contributed by atoms with E-state index in [0.717, 1.165) is 0 Å². The lowest BCUT2D eigenvalue weighted by molar-refractivity contribution is -0.160. The molecule has 1 aromatic rings. The standard InChI is InChI=1S/C13H16F3N3O5S/c14-13(15,16)8-24-12(21)18-6-5-11(20)19-7-9-1-3-10(4-2-9)25(17,22)23/h1-4H,5-8H2,(H,18,21)(H,19,20)(H2,17,22,23). The van der Waals surface area contributed by atoms with Crippen molar-refractivity contribution in [2.45, 2.75) is 24.0 Å². The van der Waals surface area contributed by atoms with E-state index in [1.807, 2.05) is 5.32 Å². The number of alkyl halides is 3. The number of halogens is 3. The predicted molar refractivity (Wildman–Crippen MR) is 79.7 cm³/mol. The summed E-state index contributed by atoms with van der Waals surface area (Å²) in [6.45, 7) is -1.81. The molecule has 0 radical (unpaired) electrons. The van der Waals surface area contributed by atoms with Gasteiger partial charge in [-0.25, -0.2) is 18.4 Å². The number of benzene rings is 1. The van der Waals surface area contributed by atoms with Crippen LogP contribution in [0.25, 0.3) is 0 Å². The molecule has 0 unspecified atom stereocenters. The molecule has 2 amide bonds. The van der Waals surface area contributed by atoms with E-state index in [1.54, 1.807) is 0 Å². The highest BCUT2D eigenvalue weighted by Gasteiger charge is 2.29. The Balaban J connectivity index is 2.28. The van der Waals surface area contributed by atoms with Gasteiger partial charge in [-0.05, 0) is 17.7 Å². The molecule has 25 heavy (non-hydrogen) atoms. The van der Waals surface area contributed by atoms with Crippen molar-refractivity contribution in [3.63, 3.8) is 0 Å². The van der Waals surface area contributed by atoms with E-state index in [4.69, 9.17) is 5.14 Å². The van der Waals surface area contributed by atoms with Crippen LogP contribution in [-0.2, 0) is 26.1 Å². The zero-order valence-corrected chi connectivity index (χ0v) is 13.6. The number of nitrogens with two attached hydrogens (primary N) is 1. The number of primary sulfonamides is 1. The Morgan fingerprint density at radius 1 is 1.12 bits per heavy atom. The van der Waals surface area contributed by atoms with Crippen LogP contribution in [0.4, 0.5) is 18.0 Å². The van der Waals surface area contributed by atoms with Gasteiger partial charge in [0, 0.05) is 19.5 Å². The lowest BCUT2D eigenvalue weighted by Crippen LogP contribution is -2.32. The van der Waals surface area contributed by atoms with Crippen LogP contribution in [0.2, 0.25) is 0 Å². The molecule has 4 N–H and O–H groups in total. The van der Waals surface area contributed by atoms with Gasteiger partial charge in [-0.15, -0.1) is 0 Å². The van der Waals surface area contributed by atoms with Crippen LogP contribution in [-0.4, -0.2) is 39.7 Å². The summed E-state index contributed by atoms with van der Waals surface area (Å²) in [6, 6.07) is 5.50. The monoisotopic (exact) mass is 383 g/mol. The fraction of sp³-hybridized carbons (Fsp3) is 0.385. The zero-order valence-electron chi connectivity index (χ0n) is 12.8. The van der Waals surface area contributed by atoms with Crippen LogP contribution < -0.4 is 15.8 Å². The summed E-state index contributed by atoms with van der Waals surface area (Å²) in [5.74, 6) is -0.466. The fourth-order valence-corrected chi connectivity index (χ4v) is 2.08. The van der Waals surface area contributed by atoms with E-state index in [-0.39, 0.29) is 24.4 Å². The first kappa shape index (κ1) is 20.7. The lowest BCUT2D eigenvalue weighted by Gasteiger charge is -2.09. The minimum Gasteiger partial charge on any atom is -0.440 e. The highest BCUT2D eigenvalue weighted by Crippen LogP contribution is 2.14. The average molecular weight is 383 g/mol. The SMILES string of the molecule is NS(=O)(=O)c1ccc(CNC(=O)CCNC(=O)OCC(F)(F)F)cc1. The number of alkyl carbamates (subject to hydrolysis) is 1. The van der Waals surface area contributed by atoms with Gasteiger partial charge in [0.2, 0.25) is 15.9 Å². The maximum Gasteiger partial charge on any atom is 0.422 e. The van der Waals surface area contributed by atoms with Crippen LogP contribution in [0.15, 0.2) is 29.2 Å². The third kappa shape index (κ3) is 8.91. The van der Waals surface area contributed by atoms with Gasteiger partial charge in [0.05, 0.1) is 4.90 Å². The Morgan fingerprint density at radius 2 is 1.72 bits per heavy atom. The molecule has 0 saturated carbocycles. The van der Waals surface area contributed by atoms with Gasteiger partial charge < -0.3 is 15.4 Å². The molecular weight excluding hydrogens is 367 g/mol. The minimum absolute atomic E-state index is 0.0656. The topological polar surface area (TPSA) is 128 Å². The summed E-state index contributed by atoms with van der Waals surface area (Å²) in [4.78, 5) is 22.4. The van der Waals surface area contributed by atoms with Crippen molar-refractivity contribution in [1.29, 1.82) is 0 Å². The normalized spacial score (nSPS) is 11.7. The molecule has 12 heteroatoms. The third-order valence-corrected chi connectivity index (χ3v) is 3.66. The second kappa shape index (κ2) is 8.67. The molecule has 0 spiro atoms. The molecule has 0 aliphatic rings. The van der Waals surface area contributed by atoms with Gasteiger partial charge in [-0.1, -0.05) is 12.1 Å². The van der Waals surface area contributed by atoms with Gasteiger partial charge in [0.15, 0.2) is 6.61 Å². The molecule has 0 heterocycles. The van der Waals surface area contributed by atoms with Crippen LogP contribution in [0, 0.1) is 0 Å². The van der Waals surface area contributed by atoms with Crippen LogP contribution in [0.1, 0.15) is 12.0 Å². The van der Waals surface area contributed by atoms with E-state index >= 15 is 0 Å². The van der Waals surface area contributed by atoms with Crippen LogP contribution >= 0.6 is 0 Å². The van der Waals surface area contributed by atoms with E-state index in [1.165, 1.54) is 24.3 Å². The molecule has 0 aliphatic heterocycles. The van der Waals surface area contributed by atoms with Crippen molar-refractivity contribution in [3.05, 3.63) is 29.8 Å². The summed E-state index contributed by atoms with van der Waals surface area (Å²) in [5.41, 5.74) is 0.610. The highest BCUT2D eigenvalue weighted by molar-refractivity contribution is 7.89. The van der Waals surface area contributed by atoms with Crippen LogP contribution in [0.5, 0.6) is 0 Å². The third-order valence-electron chi connectivity index (χ3n) is 2.73. The zero-order chi connectivity index (χ0) is 19.1. The van der Waals surface area contributed by atoms with Crippen molar-refractivity contribution in [2.75, 3.05) is 13.2 Å². The smallest absolute Gasteiger partial charge is 0.422 e. The molecular formula is C13H16F3N3O5S. The summed E-state index contributed by atoms with van der Waals surface area (Å²) >= 11 is 0. The molecule has 0 fully saturated rings. The van der Waals surface area contributed by atoms with E-state index < -0.39 is 34.8 Å². The molecule has 0 atom stereocenters. The van der Waals surface area contributed by atoms with Crippen LogP contribution in [0.3, 0.4) is 0 Å². The number of amides is 2. The summed E-state index contributed by atoms with van der Waals surface area (Å²) in [5, 5.41) is 9.45. The first-order valence-electron chi connectivity index (χ1n) is 6.83. The Hall–Kier alpha value is -2.34. The van der Waals surface area contributed by atoms with Gasteiger partial charge in [-0.3, -0.25) is 4.79 Å². The fourth-order valence-electron chi connectivity index (χ4n) is 1.56. The number of carbonyl (C=O) groups excluding carboxylic acids is 2. The summed E-state index contributed by atoms with van der Waals surface area (Å²) in [7, 11) is -3.79. The predicted octanol–water partition coefficient (Wildman–Crippen LogP) is 0.629. The number of hydrogen-bond donors (Lipinski definition) is 3. The van der Waals surface area contributed by atoms with Gasteiger partial charge >= 0.3 is 12.3 Å². The quantitative estimate of drug-likeness (QED) is 0.636. The van der Waals surface area contributed by atoms with E-state index in [9.17, 15) is 31.2 Å². The molecule has 140 valence electrons. The Labute approximate surface area is 141 Å². The van der Waals surface area contributed by atoms with Gasteiger partial charge in [-0.2, -0.15) is 13.2 Å². The Morgan fingerprint density at radius 3 is 2.24 bits per heavy atom. The van der Waals surface area contributed by atoms with Crippen molar-refractivity contribution in [1.82, 2.24) is 10.6 Å². The molecule has 1 aromatic carbocycles. The van der Waals surface area contributed by atoms with E-state index in [2.05, 4.69) is 10.1 Å². The number of hydrogen-bond acceptors (Lipinski definition) is 5. The second-order valence-corrected chi connectivity index (χ2v) is 6.40. The Kier molecular flexibility index (Phi) is 7.18. The number of sulfonamides is 1. The van der Waals surface area contributed by atoms with Gasteiger partial charge in [0.1, 0.15) is 0 Å². The number of carbonyl (C=O) groups is 2. The molecule has 1 rings (SSSR count). The summed E-state index contributed by atoms with van der Waals surface area (Å²) < 4.78 is 61.5. The molecule has 8 nitrogen and oxygen atoms in total. The van der Waals surface area contributed by atoms with Crippen molar-refractivity contribution >= 4 is 22.0 Å². The molecule has 0 aromatic heterocycles. The number of rotatable bonds is 7. The average Bonchev–Trinajstić information content (AvgIpc) is 2.50. The summed E-state index contributed by atoms with van der Waals surface area (Å²) in [6.07, 6.45) is -6.06. The maximum absolute atomic E-state index is 11.8. The second-order valence-electron chi connectivity index (χ2n) is 4.83. The van der Waals surface area contributed by atoms with Crippen molar-refractivity contribution < 1.29 is 35.9 Å². The Bertz CT molecular complexity index is 705. The molecule has 0 saturated heterocycles. The number of nitrogens with one attached hydrogen (secondary N) is 2. The molecule has 0 bridgehead atoms. The number of ether oxygens (including phenoxy) is 1. The van der Waals surface area contributed by atoms with Crippen molar-refractivity contribution in [3.8, 4) is 0 Å². The first-order chi connectivity index (χ1) is 11.5. The molecule has 0 aliphatic carbocycles. The maximum atomic E-state index is 11.8. The lowest BCUT2D eigenvalue weighted by atomic mass is 10.2. The van der Waals surface area contributed by atoms with Gasteiger partial charge in [0.25, 0.3) is 0 Å². The van der Waals surface area contributed by atoms with E-state index in [0.29, 0.717) is 5.56 Å².